The molecule has 1 saturated heterocycles. The maximum absolute atomic E-state index is 5.74. The SMILES string of the molecule is C=CCOc1ccccc1CNC(=NC)N1CCN(Cc2cc(C)on2)CC1.I. The van der Waals surface area contributed by atoms with E-state index in [9.17, 15) is 0 Å². The molecule has 1 aromatic heterocycles. The molecule has 29 heavy (non-hydrogen) atoms. The molecule has 0 atom stereocenters. The van der Waals surface area contributed by atoms with Crippen molar-refractivity contribution in [1.29, 1.82) is 0 Å². The van der Waals surface area contributed by atoms with E-state index in [2.05, 4.69) is 37.9 Å². The summed E-state index contributed by atoms with van der Waals surface area (Å²) in [7, 11) is 1.83. The molecule has 3 rings (SSSR count). The Labute approximate surface area is 189 Å². The number of para-hydroxylation sites is 1. The molecular weight excluding hydrogens is 481 g/mol. The lowest BCUT2D eigenvalue weighted by Crippen LogP contribution is -2.52. The van der Waals surface area contributed by atoms with Gasteiger partial charge in [-0.25, -0.2) is 0 Å². The van der Waals surface area contributed by atoms with Crippen LogP contribution in [-0.2, 0) is 13.1 Å². The van der Waals surface area contributed by atoms with Crippen LogP contribution in [0.5, 0.6) is 5.75 Å². The van der Waals surface area contributed by atoms with Gasteiger partial charge in [-0.2, -0.15) is 0 Å². The van der Waals surface area contributed by atoms with Crippen molar-refractivity contribution in [3.63, 3.8) is 0 Å². The number of benzene rings is 1. The Balaban J connectivity index is 0.00000300. The first-order valence-corrected chi connectivity index (χ1v) is 9.61. The van der Waals surface area contributed by atoms with Crippen LogP contribution in [0.1, 0.15) is 17.0 Å². The molecule has 1 fully saturated rings. The maximum Gasteiger partial charge on any atom is 0.194 e. The summed E-state index contributed by atoms with van der Waals surface area (Å²) < 4.78 is 10.9. The average Bonchev–Trinajstić information content (AvgIpc) is 3.13. The normalized spacial score (nSPS) is 15.0. The number of aromatic nitrogens is 1. The van der Waals surface area contributed by atoms with E-state index in [0.29, 0.717) is 13.2 Å². The van der Waals surface area contributed by atoms with Gasteiger partial charge in [-0.15, -0.1) is 24.0 Å². The minimum Gasteiger partial charge on any atom is -0.489 e. The molecule has 7 nitrogen and oxygen atoms in total. The van der Waals surface area contributed by atoms with E-state index in [1.54, 1.807) is 6.08 Å². The van der Waals surface area contributed by atoms with Gasteiger partial charge in [0.25, 0.3) is 0 Å². The van der Waals surface area contributed by atoms with Crippen LogP contribution in [0.4, 0.5) is 0 Å². The third-order valence-electron chi connectivity index (χ3n) is 4.71. The third kappa shape index (κ3) is 6.74. The summed E-state index contributed by atoms with van der Waals surface area (Å²) in [5, 5.41) is 7.55. The van der Waals surface area contributed by atoms with Gasteiger partial charge in [-0.05, 0) is 13.0 Å². The smallest absolute Gasteiger partial charge is 0.194 e. The predicted octanol–water partition coefficient (Wildman–Crippen LogP) is 3.06. The van der Waals surface area contributed by atoms with E-state index in [4.69, 9.17) is 9.26 Å². The number of aliphatic imine (C=N–C) groups is 1. The Morgan fingerprint density at radius 2 is 2.07 bits per heavy atom. The van der Waals surface area contributed by atoms with Crippen molar-refractivity contribution in [2.45, 2.75) is 20.0 Å². The largest absolute Gasteiger partial charge is 0.489 e. The first kappa shape index (κ1) is 23.2. The van der Waals surface area contributed by atoms with Gasteiger partial charge >= 0.3 is 0 Å². The molecular formula is C21H30IN5O2. The number of piperazine rings is 1. The second-order valence-electron chi connectivity index (χ2n) is 6.80. The maximum atomic E-state index is 5.74. The number of hydrogen-bond donors (Lipinski definition) is 1. The van der Waals surface area contributed by atoms with Crippen LogP contribution in [0.25, 0.3) is 0 Å². The zero-order chi connectivity index (χ0) is 19.8. The average molecular weight is 511 g/mol. The fourth-order valence-corrected chi connectivity index (χ4v) is 3.29. The molecule has 0 amide bonds. The van der Waals surface area contributed by atoms with E-state index >= 15 is 0 Å². The Morgan fingerprint density at radius 3 is 2.72 bits per heavy atom. The molecule has 158 valence electrons. The molecule has 0 spiro atoms. The summed E-state index contributed by atoms with van der Waals surface area (Å²) >= 11 is 0. The van der Waals surface area contributed by atoms with Gasteiger partial charge in [-0.1, -0.05) is 36.0 Å². The third-order valence-corrected chi connectivity index (χ3v) is 4.71. The monoisotopic (exact) mass is 511 g/mol. The zero-order valence-electron chi connectivity index (χ0n) is 17.1. The number of nitrogens with zero attached hydrogens (tertiary/aromatic N) is 4. The number of halogens is 1. The Bertz CT molecular complexity index is 800. The van der Waals surface area contributed by atoms with Crippen LogP contribution in [0, 0.1) is 6.92 Å². The highest BCUT2D eigenvalue weighted by atomic mass is 127. The van der Waals surface area contributed by atoms with Gasteiger partial charge < -0.3 is 19.5 Å². The second kappa shape index (κ2) is 11.8. The standard InChI is InChI=1S/C21H29N5O2.HI/c1-4-13-27-20-8-6-5-7-18(20)15-23-21(22-3)26-11-9-25(10-12-26)16-19-14-17(2)28-24-19;/h4-8,14H,1,9-13,15-16H2,2-3H3,(H,22,23);1H. The summed E-state index contributed by atoms with van der Waals surface area (Å²) in [6.45, 7) is 11.4. The quantitative estimate of drug-likeness (QED) is 0.267. The van der Waals surface area contributed by atoms with Gasteiger partial charge in [0, 0.05) is 57.9 Å². The minimum atomic E-state index is 0. The first-order valence-electron chi connectivity index (χ1n) is 9.61. The number of guanidine groups is 1. The van der Waals surface area contributed by atoms with E-state index in [-0.39, 0.29) is 24.0 Å². The summed E-state index contributed by atoms with van der Waals surface area (Å²) in [4.78, 5) is 9.14. The van der Waals surface area contributed by atoms with Gasteiger partial charge in [0.15, 0.2) is 5.96 Å². The molecule has 1 N–H and O–H groups in total. The fraction of sp³-hybridized carbons (Fsp3) is 0.429. The summed E-state index contributed by atoms with van der Waals surface area (Å²) in [5.74, 6) is 2.64. The molecule has 0 saturated carbocycles. The van der Waals surface area contributed by atoms with Crippen molar-refractivity contribution in [1.82, 2.24) is 20.3 Å². The Morgan fingerprint density at radius 1 is 1.31 bits per heavy atom. The van der Waals surface area contributed by atoms with E-state index in [1.807, 2.05) is 38.2 Å². The van der Waals surface area contributed by atoms with Crippen LogP contribution < -0.4 is 10.1 Å². The summed E-state index contributed by atoms with van der Waals surface area (Å²) in [6.07, 6.45) is 1.75. The van der Waals surface area contributed by atoms with Crippen LogP contribution in [0.15, 0.2) is 52.5 Å². The molecule has 8 heteroatoms. The van der Waals surface area contributed by atoms with Gasteiger partial charge in [0.2, 0.25) is 0 Å². The van der Waals surface area contributed by atoms with Crippen molar-refractivity contribution >= 4 is 29.9 Å². The molecule has 1 aliphatic rings. The lowest BCUT2D eigenvalue weighted by molar-refractivity contribution is 0.169. The number of aryl methyl sites for hydroxylation is 1. The fourth-order valence-electron chi connectivity index (χ4n) is 3.29. The topological polar surface area (TPSA) is 66.1 Å². The number of rotatable bonds is 7. The number of nitrogens with one attached hydrogen (secondary N) is 1. The van der Waals surface area contributed by atoms with Crippen molar-refractivity contribution in [2.24, 2.45) is 4.99 Å². The molecule has 0 unspecified atom stereocenters. The van der Waals surface area contributed by atoms with Crippen LogP contribution >= 0.6 is 24.0 Å². The molecule has 0 radical (unpaired) electrons. The van der Waals surface area contributed by atoms with Crippen molar-refractivity contribution < 1.29 is 9.26 Å². The summed E-state index contributed by atoms with van der Waals surface area (Å²) in [5.41, 5.74) is 2.09. The minimum absolute atomic E-state index is 0. The van der Waals surface area contributed by atoms with Crippen LogP contribution in [-0.4, -0.2) is 60.7 Å². The number of hydrogen-bond acceptors (Lipinski definition) is 5. The Kier molecular flexibility index (Phi) is 9.46. The lowest BCUT2D eigenvalue weighted by atomic mass is 10.2. The highest BCUT2D eigenvalue weighted by Gasteiger charge is 2.20. The molecule has 1 aliphatic heterocycles. The van der Waals surface area contributed by atoms with Gasteiger partial charge in [0.1, 0.15) is 18.1 Å². The molecule has 0 bridgehead atoms. The lowest BCUT2D eigenvalue weighted by Gasteiger charge is -2.36. The zero-order valence-corrected chi connectivity index (χ0v) is 19.5. The first-order chi connectivity index (χ1) is 13.7. The number of ether oxygens (including phenoxy) is 1. The highest BCUT2D eigenvalue weighted by Crippen LogP contribution is 2.18. The molecule has 1 aromatic carbocycles. The van der Waals surface area contributed by atoms with Crippen molar-refractivity contribution in [3.8, 4) is 5.75 Å². The van der Waals surface area contributed by atoms with E-state index < -0.39 is 0 Å². The van der Waals surface area contributed by atoms with Gasteiger partial charge in [0.05, 0.1) is 5.69 Å². The van der Waals surface area contributed by atoms with Crippen LogP contribution in [0.3, 0.4) is 0 Å². The second-order valence-corrected chi connectivity index (χ2v) is 6.80. The predicted molar refractivity (Wildman–Crippen MR) is 126 cm³/mol. The van der Waals surface area contributed by atoms with E-state index in [1.165, 1.54) is 0 Å². The molecule has 0 aliphatic carbocycles. The van der Waals surface area contributed by atoms with Gasteiger partial charge in [-0.3, -0.25) is 9.89 Å². The van der Waals surface area contributed by atoms with E-state index in [0.717, 1.165) is 61.5 Å². The molecule has 2 aromatic rings. The van der Waals surface area contributed by atoms with Crippen molar-refractivity contribution in [2.75, 3.05) is 39.8 Å². The highest BCUT2D eigenvalue weighted by molar-refractivity contribution is 14.0. The van der Waals surface area contributed by atoms with Crippen molar-refractivity contribution in [3.05, 3.63) is 60.0 Å². The summed E-state index contributed by atoms with van der Waals surface area (Å²) in [6, 6.07) is 10.0. The molecule has 2 heterocycles. The van der Waals surface area contributed by atoms with Crippen LogP contribution in [0.2, 0.25) is 0 Å². The Hall–Kier alpha value is -2.07.